The molecule has 39 heavy (non-hydrogen) atoms. The van der Waals surface area contributed by atoms with Crippen LogP contribution in [-0.2, 0) is 29.2 Å². The minimum Gasteiger partial charge on any atom is -0.335 e. The number of amides is 2. The summed E-state index contributed by atoms with van der Waals surface area (Å²) in [5, 5.41) is 4.45. The van der Waals surface area contributed by atoms with Crippen molar-refractivity contribution >= 4 is 17.5 Å². The van der Waals surface area contributed by atoms with Gasteiger partial charge >= 0.3 is 0 Å². The normalized spacial score (nSPS) is 20.3. The highest BCUT2D eigenvalue weighted by Gasteiger charge is 2.35. The lowest BCUT2D eigenvalue weighted by atomic mass is 9.92. The van der Waals surface area contributed by atoms with Gasteiger partial charge in [0.05, 0.1) is 0 Å². The Labute approximate surface area is 230 Å². The number of fused-ring (bicyclic) bond motifs is 3. The van der Waals surface area contributed by atoms with Crippen molar-refractivity contribution < 1.29 is 9.59 Å². The van der Waals surface area contributed by atoms with Crippen LogP contribution >= 0.6 is 0 Å². The molecule has 2 unspecified atom stereocenters. The molecule has 2 aromatic heterocycles. The summed E-state index contributed by atoms with van der Waals surface area (Å²) in [7, 11) is 0. The molecule has 3 aromatic rings. The number of benzene rings is 1. The maximum atomic E-state index is 13.9. The summed E-state index contributed by atoms with van der Waals surface area (Å²) in [4.78, 5) is 42.2. The highest BCUT2D eigenvalue weighted by atomic mass is 16.2. The van der Waals surface area contributed by atoms with Crippen LogP contribution in [0.25, 0.3) is 0 Å². The van der Waals surface area contributed by atoms with Crippen LogP contribution in [0, 0.1) is 13.8 Å². The summed E-state index contributed by atoms with van der Waals surface area (Å²) in [6, 6.07) is 12.7. The summed E-state index contributed by atoms with van der Waals surface area (Å²) in [6.45, 7) is 8.33. The molecule has 1 saturated heterocycles. The first kappa shape index (κ1) is 27.0. The first-order chi connectivity index (χ1) is 18.9. The Hall–Kier alpha value is -3.59. The second kappa shape index (κ2) is 12.1. The summed E-state index contributed by atoms with van der Waals surface area (Å²) in [6.07, 6.45) is 8.25. The van der Waals surface area contributed by atoms with Crippen molar-refractivity contribution in [3.05, 3.63) is 71.6 Å². The van der Waals surface area contributed by atoms with E-state index in [1.54, 1.807) is 4.68 Å². The number of aryl methyl sites for hydroxylation is 2. The predicted octanol–water partition coefficient (Wildman–Crippen LogP) is 3.89. The topological polar surface area (TPSA) is 87.5 Å². The van der Waals surface area contributed by atoms with Gasteiger partial charge in [-0.1, -0.05) is 31.5 Å². The molecule has 2 atom stereocenters. The van der Waals surface area contributed by atoms with Gasteiger partial charge in [0.15, 0.2) is 0 Å². The lowest BCUT2D eigenvalue weighted by Gasteiger charge is -2.44. The lowest BCUT2D eigenvalue weighted by molar-refractivity contribution is -0.134. The molecule has 0 radical (unpaired) electrons. The summed E-state index contributed by atoms with van der Waals surface area (Å²) in [5.41, 5.74) is 3.12. The van der Waals surface area contributed by atoms with E-state index in [4.69, 9.17) is 0 Å². The van der Waals surface area contributed by atoms with Gasteiger partial charge in [0.2, 0.25) is 11.8 Å². The van der Waals surface area contributed by atoms with Crippen LogP contribution in [0.5, 0.6) is 0 Å². The number of aromatic nitrogens is 4. The molecule has 2 bridgehead atoms. The van der Waals surface area contributed by atoms with E-state index in [1.807, 2.05) is 61.2 Å². The molecule has 1 fully saturated rings. The third-order valence-electron chi connectivity index (χ3n) is 8.09. The number of hydrogen-bond donors (Lipinski definition) is 0. The number of hydrogen-bond acceptors (Lipinski definition) is 6. The molecule has 1 aromatic carbocycles. The largest absolute Gasteiger partial charge is 0.335 e. The van der Waals surface area contributed by atoms with Gasteiger partial charge in [-0.3, -0.25) is 19.5 Å². The molecule has 9 nitrogen and oxygen atoms in total. The van der Waals surface area contributed by atoms with Crippen molar-refractivity contribution in [1.82, 2.24) is 29.5 Å². The molecule has 0 saturated carbocycles. The molecule has 2 aliphatic heterocycles. The van der Waals surface area contributed by atoms with Crippen LogP contribution in [0.3, 0.4) is 0 Å². The number of rotatable bonds is 5. The molecule has 2 amide bonds. The van der Waals surface area contributed by atoms with Crippen LogP contribution in [0.2, 0.25) is 0 Å². The molecule has 0 aliphatic carbocycles. The van der Waals surface area contributed by atoms with Crippen LogP contribution in [0.4, 0.5) is 5.69 Å². The molecule has 2 aliphatic rings. The van der Waals surface area contributed by atoms with Crippen molar-refractivity contribution in [2.24, 2.45) is 0 Å². The van der Waals surface area contributed by atoms with E-state index in [1.165, 1.54) is 5.56 Å². The van der Waals surface area contributed by atoms with E-state index < -0.39 is 0 Å². The van der Waals surface area contributed by atoms with Crippen LogP contribution in [0.1, 0.15) is 61.8 Å². The predicted molar refractivity (Wildman–Crippen MR) is 150 cm³/mol. The van der Waals surface area contributed by atoms with E-state index in [-0.39, 0.29) is 24.4 Å². The highest BCUT2D eigenvalue weighted by molar-refractivity contribution is 5.94. The van der Waals surface area contributed by atoms with Crippen molar-refractivity contribution in [2.75, 3.05) is 18.0 Å². The van der Waals surface area contributed by atoms with Gasteiger partial charge in [0.25, 0.3) is 0 Å². The zero-order valence-electron chi connectivity index (χ0n) is 23.3. The van der Waals surface area contributed by atoms with Crippen LogP contribution in [-0.4, -0.2) is 66.5 Å². The van der Waals surface area contributed by atoms with Crippen LogP contribution in [0.15, 0.2) is 48.8 Å². The van der Waals surface area contributed by atoms with Crippen molar-refractivity contribution in [2.45, 2.75) is 84.6 Å². The fourth-order valence-corrected chi connectivity index (χ4v) is 6.09. The van der Waals surface area contributed by atoms with Crippen molar-refractivity contribution in [3.8, 4) is 0 Å². The Bertz CT molecular complexity index is 1290. The van der Waals surface area contributed by atoms with E-state index in [2.05, 4.69) is 38.2 Å². The Morgan fingerprint density at radius 3 is 2.49 bits per heavy atom. The molecule has 0 spiro atoms. The molecule has 206 valence electrons. The number of nitrogens with zero attached hydrogens (tertiary/aromatic N) is 7. The molecular formula is C30H39N7O2. The molecular weight excluding hydrogens is 490 g/mol. The van der Waals surface area contributed by atoms with Gasteiger partial charge in [-0.15, -0.1) is 0 Å². The molecule has 9 heteroatoms. The van der Waals surface area contributed by atoms with Gasteiger partial charge in [0, 0.05) is 62.8 Å². The maximum absolute atomic E-state index is 13.9. The number of piperidine rings is 1. The van der Waals surface area contributed by atoms with E-state index in [9.17, 15) is 9.59 Å². The Balaban J connectivity index is 1.53. The second-order valence-electron chi connectivity index (χ2n) is 10.7. The average Bonchev–Trinajstić information content (AvgIpc) is 3.25. The Morgan fingerprint density at radius 1 is 0.974 bits per heavy atom. The van der Waals surface area contributed by atoms with E-state index >= 15 is 0 Å². The average molecular weight is 530 g/mol. The first-order valence-electron chi connectivity index (χ1n) is 14.1. The Morgan fingerprint density at radius 2 is 1.74 bits per heavy atom. The third kappa shape index (κ3) is 6.19. The number of anilines is 1. The molecule has 4 heterocycles. The van der Waals surface area contributed by atoms with Crippen molar-refractivity contribution in [3.63, 3.8) is 0 Å². The minimum atomic E-state index is 0.0106. The van der Waals surface area contributed by atoms with Crippen LogP contribution < -0.4 is 4.90 Å². The number of carbonyl (C=O) groups is 2. The summed E-state index contributed by atoms with van der Waals surface area (Å²) < 4.78 is 1.69. The number of carbonyl (C=O) groups excluding carboxylic acids is 2. The zero-order chi connectivity index (χ0) is 27.4. The summed E-state index contributed by atoms with van der Waals surface area (Å²) in [5.74, 6) is 1.52. The standard InChI is InChI=1S/C30H39N7O2/c1-4-29(38)35-17-14-26-9-7-10-27(36(26)18-24-12-15-31-16-13-24)20-34(19-25-8-5-6-11-28(25)35)30(39)21-37-23(3)32-22(2)33-37/h5-6,8,11-13,15-16,26-27H,4,7,9-10,14,17-21H2,1-3H3. The zero-order valence-corrected chi connectivity index (χ0v) is 23.3. The fraction of sp³-hybridized carbons (Fsp3) is 0.500. The van der Waals surface area contributed by atoms with Gasteiger partial charge in [-0.05, 0) is 62.4 Å². The van der Waals surface area contributed by atoms with Gasteiger partial charge < -0.3 is 9.80 Å². The van der Waals surface area contributed by atoms with E-state index in [0.717, 1.165) is 49.3 Å². The first-order valence-corrected chi connectivity index (χ1v) is 14.1. The number of para-hydroxylation sites is 1. The smallest absolute Gasteiger partial charge is 0.244 e. The lowest BCUT2D eigenvalue weighted by Crippen LogP contribution is -2.52. The maximum Gasteiger partial charge on any atom is 0.244 e. The quantitative estimate of drug-likeness (QED) is 0.498. The van der Waals surface area contributed by atoms with Crippen molar-refractivity contribution in [1.29, 1.82) is 0 Å². The monoisotopic (exact) mass is 529 g/mol. The van der Waals surface area contributed by atoms with Gasteiger partial charge in [-0.2, -0.15) is 5.10 Å². The van der Waals surface area contributed by atoms with Gasteiger partial charge in [-0.25, -0.2) is 9.67 Å². The van der Waals surface area contributed by atoms with E-state index in [0.29, 0.717) is 37.9 Å². The molecule has 0 N–H and O–H groups in total. The minimum absolute atomic E-state index is 0.0106. The second-order valence-corrected chi connectivity index (χ2v) is 10.7. The highest BCUT2D eigenvalue weighted by Crippen LogP contribution is 2.32. The Kier molecular flexibility index (Phi) is 8.35. The third-order valence-corrected chi connectivity index (χ3v) is 8.09. The number of pyridine rings is 1. The SMILES string of the molecule is CCC(=O)N1CCC2CCCC(CN(C(=O)Cn3nc(C)nc3C)Cc3ccccc31)N2Cc1ccncc1. The van der Waals surface area contributed by atoms with Gasteiger partial charge in [0.1, 0.15) is 18.2 Å². The fourth-order valence-electron chi connectivity index (χ4n) is 6.09. The summed E-state index contributed by atoms with van der Waals surface area (Å²) >= 11 is 0. The molecule has 5 rings (SSSR count).